The lowest BCUT2D eigenvalue weighted by molar-refractivity contribution is 0.0512. The summed E-state index contributed by atoms with van der Waals surface area (Å²) in [5.74, 6) is 1.17. The van der Waals surface area contributed by atoms with E-state index in [1.807, 2.05) is 12.1 Å². The normalized spacial score (nSPS) is 25.2. The summed E-state index contributed by atoms with van der Waals surface area (Å²) in [5, 5.41) is 0.805. The number of nitrogens with zero attached hydrogens (tertiary/aromatic N) is 1. The highest BCUT2D eigenvalue weighted by molar-refractivity contribution is 7.87. The van der Waals surface area contributed by atoms with Gasteiger partial charge in [0.05, 0.1) is 11.6 Å². The van der Waals surface area contributed by atoms with Crippen molar-refractivity contribution in [1.82, 2.24) is 4.98 Å². The highest BCUT2D eigenvalue weighted by atomic mass is 32.2. The lowest BCUT2D eigenvalue weighted by atomic mass is 9.75. The van der Waals surface area contributed by atoms with E-state index in [2.05, 4.69) is 25.8 Å². The molecule has 5 heteroatoms. The molecule has 3 rings (SSSR count). The monoisotopic (exact) mass is 347 g/mol. The van der Waals surface area contributed by atoms with Gasteiger partial charge in [-0.15, -0.1) is 0 Å². The molecule has 0 aliphatic heterocycles. The maximum absolute atomic E-state index is 12.9. The Labute approximate surface area is 144 Å². The van der Waals surface area contributed by atoms with E-state index in [9.17, 15) is 8.42 Å². The number of fused-ring (bicyclic) bond motifs is 1. The fourth-order valence-electron chi connectivity index (χ4n) is 3.72. The molecule has 3 atom stereocenters. The van der Waals surface area contributed by atoms with Crippen LogP contribution in [0.15, 0.2) is 41.4 Å². The van der Waals surface area contributed by atoms with E-state index < -0.39 is 10.1 Å². The van der Waals surface area contributed by atoms with E-state index in [0.717, 1.165) is 24.6 Å². The van der Waals surface area contributed by atoms with Crippen LogP contribution in [0.1, 0.15) is 40.0 Å². The molecular weight excluding hydrogens is 322 g/mol. The Kier molecular flexibility index (Phi) is 4.92. The van der Waals surface area contributed by atoms with E-state index in [1.165, 1.54) is 0 Å². The number of aromatic nitrogens is 1. The maximum atomic E-state index is 12.9. The van der Waals surface area contributed by atoms with Gasteiger partial charge in [-0.05, 0) is 42.7 Å². The van der Waals surface area contributed by atoms with Crippen LogP contribution >= 0.6 is 0 Å². The van der Waals surface area contributed by atoms with Gasteiger partial charge in [-0.2, -0.15) is 8.42 Å². The molecule has 2 aromatic rings. The molecule has 0 amide bonds. The number of rotatable bonds is 4. The second-order valence-electron chi connectivity index (χ2n) is 7.25. The van der Waals surface area contributed by atoms with Crippen molar-refractivity contribution in [2.24, 2.45) is 17.8 Å². The largest absolute Gasteiger partial charge is 0.299 e. The van der Waals surface area contributed by atoms with Crippen LogP contribution in [0.2, 0.25) is 0 Å². The highest BCUT2D eigenvalue weighted by Crippen LogP contribution is 2.37. The van der Waals surface area contributed by atoms with Gasteiger partial charge in [0.25, 0.3) is 10.1 Å². The first-order valence-corrected chi connectivity index (χ1v) is 10.1. The molecule has 0 bridgehead atoms. The van der Waals surface area contributed by atoms with Crippen molar-refractivity contribution in [2.45, 2.75) is 51.0 Å². The molecule has 1 heterocycles. The van der Waals surface area contributed by atoms with Gasteiger partial charge in [-0.3, -0.25) is 9.17 Å². The lowest BCUT2D eigenvalue weighted by Gasteiger charge is -2.36. The Morgan fingerprint density at radius 1 is 1.17 bits per heavy atom. The van der Waals surface area contributed by atoms with E-state index in [1.54, 1.807) is 24.4 Å². The molecule has 0 N–H and O–H groups in total. The van der Waals surface area contributed by atoms with Gasteiger partial charge in [-0.25, -0.2) is 0 Å². The molecule has 0 radical (unpaired) electrons. The molecule has 1 saturated carbocycles. The second kappa shape index (κ2) is 6.81. The van der Waals surface area contributed by atoms with Crippen LogP contribution in [0.3, 0.4) is 0 Å². The minimum absolute atomic E-state index is 0.168. The summed E-state index contributed by atoms with van der Waals surface area (Å²) in [7, 11) is -3.84. The average molecular weight is 347 g/mol. The minimum Gasteiger partial charge on any atom is -0.263 e. The topological polar surface area (TPSA) is 56.3 Å². The molecule has 1 aliphatic carbocycles. The van der Waals surface area contributed by atoms with E-state index in [0.29, 0.717) is 17.4 Å². The average Bonchev–Trinajstić information content (AvgIpc) is 2.53. The summed E-state index contributed by atoms with van der Waals surface area (Å²) in [5.41, 5.74) is 0.477. The summed E-state index contributed by atoms with van der Waals surface area (Å²) in [6.07, 6.45) is 4.31. The van der Waals surface area contributed by atoms with Gasteiger partial charge in [0.15, 0.2) is 0 Å². The van der Waals surface area contributed by atoms with Crippen LogP contribution in [0.4, 0.5) is 0 Å². The molecule has 4 nitrogen and oxygen atoms in total. The van der Waals surface area contributed by atoms with Crippen molar-refractivity contribution in [2.75, 3.05) is 0 Å². The first kappa shape index (κ1) is 17.4. The summed E-state index contributed by atoms with van der Waals surface area (Å²) in [4.78, 5) is 4.42. The fourth-order valence-corrected chi connectivity index (χ4v) is 5.02. The quantitative estimate of drug-likeness (QED) is 0.769. The van der Waals surface area contributed by atoms with Crippen molar-refractivity contribution in [3.63, 3.8) is 0 Å². The molecule has 1 aromatic carbocycles. The SMILES string of the molecule is CC1CCC(C(C)C)C(OS(=O)(=O)c2cccc3cccnc23)C1. The van der Waals surface area contributed by atoms with Crippen LogP contribution in [-0.4, -0.2) is 19.5 Å². The Bertz CT molecular complexity index is 811. The summed E-state index contributed by atoms with van der Waals surface area (Å²) in [6, 6.07) is 8.85. The third kappa shape index (κ3) is 3.47. The van der Waals surface area contributed by atoms with Crippen molar-refractivity contribution in [1.29, 1.82) is 0 Å². The zero-order valence-corrected chi connectivity index (χ0v) is 15.3. The van der Waals surface area contributed by atoms with Crippen LogP contribution < -0.4 is 0 Å². The minimum atomic E-state index is -3.84. The van der Waals surface area contributed by atoms with Gasteiger partial charge in [0.2, 0.25) is 0 Å². The Hall–Kier alpha value is -1.46. The van der Waals surface area contributed by atoms with Gasteiger partial charge >= 0.3 is 0 Å². The summed E-state index contributed by atoms with van der Waals surface area (Å²) >= 11 is 0. The van der Waals surface area contributed by atoms with Crippen molar-refractivity contribution in [3.8, 4) is 0 Å². The van der Waals surface area contributed by atoms with Gasteiger partial charge < -0.3 is 0 Å². The number of hydrogen-bond donors (Lipinski definition) is 0. The molecule has 24 heavy (non-hydrogen) atoms. The smallest absolute Gasteiger partial charge is 0.263 e. The number of hydrogen-bond acceptors (Lipinski definition) is 4. The van der Waals surface area contributed by atoms with Crippen LogP contribution in [0.5, 0.6) is 0 Å². The molecule has 1 aliphatic rings. The van der Waals surface area contributed by atoms with Crippen molar-refractivity contribution in [3.05, 3.63) is 36.5 Å². The summed E-state index contributed by atoms with van der Waals surface area (Å²) < 4.78 is 31.6. The third-order valence-corrected chi connectivity index (χ3v) is 6.45. The third-order valence-electron chi connectivity index (χ3n) is 5.08. The number of pyridine rings is 1. The molecule has 0 saturated heterocycles. The Balaban J connectivity index is 1.95. The van der Waals surface area contributed by atoms with E-state index >= 15 is 0 Å². The Morgan fingerprint density at radius 3 is 2.67 bits per heavy atom. The molecule has 130 valence electrons. The van der Waals surface area contributed by atoms with Gasteiger partial charge in [-0.1, -0.05) is 45.4 Å². The van der Waals surface area contributed by atoms with Crippen LogP contribution in [-0.2, 0) is 14.3 Å². The van der Waals surface area contributed by atoms with Crippen LogP contribution in [0.25, 0.3) is 10.9 Å². The lowest BCUT2D eigenvalue weighted by Crippen LogP contribution is -2.35. The van der Waals surface area contributed by atoms with E-state index in [4.69, 9.17) is 4.18 Å². The van der Waals surface area contributed by atoms with E-state index in [-0.39, 0.29) is 16.9 Å². The molecule has 3 unspecified atom stereocenters. The standard InChI is InChI=1S/C19H25NO3S/c1-13(2)16-10-9-14(3)12-17(16)23-24(21,22)18-8-4-6-15-7-5-11-20-19(15)18/h4-8,11,13-14,16-17H,9-10,12H2,1-3H3. The zero-order valence-electron chi connectivity index (χ0n) is 14.5. The van der Waals surface area contributed by atoms with Gasteiger partial charge in [0, 0.05) is 11.6 Å². The zero-order chi connectivity index (χ0) is 17.3. The number of benzene rings is 1. The summed E-state index contributed by atoms with van der Waals surface area (Å²) in [6.45, 7) is 6.45. The van der Waals surface area contributed by atoms with Crippen LogP contribution in [0, 0.1) is 17.8 Å². The van der Waals surface area contributed by atoms with Gasteiger partial charge in [0.1, 0.15) is 4.90 Å². The fraction of sp³-hybridized carbons (Fsp3) is 0.526. The molecular formula is C19H25NO3S. The van der Waals surface area contributed by atoms with Crippen molar-refractivity contribution < 1.29 is 12.6 Å². The second-order valence-corrected chi connectivity index (χ2v) is 8.79. The highest BCUT2D eigenvalue weighted by Gasteiger charge is 2.35. The first-order valence-electron chi connectivity index (χ1n) is 8.65. The predicted octanol–water partition coefficient (Wildman–Crippen LogP) is 4.40. The number of para-hydroxylation sites is 1. The molecule has 0 spiro atoms. The van der Waals surface area contributed by atoms with Crippen molar-refractivity contribution >= 4 is 21.0 Å². The predicted molar refractivity (Wildman–Crippen MR) is 95.1 cm³/mol. The molecule has 1 aromatic heterocycles. The molecule has 1 fully saturated rings. The Morgan fingerprint density at radius 2 is 1.92 bits per heavy atom. The first-order chi connectivity index (χ1) is 11.4. The maximum Gasteiger partial charge on any atom is 0.299 e.